The van der Waals surface area contributed by atoms with Crippen LogP contribution in [0.4, 0.5) is 0 Å². The van der Waals surface area contributed by atoms with Crippen molar-refractivity contribution in [1.82, 2.24) is 4.98 Å². The quantitative estimate of drug-likeness (QED) is 0.172. The van der Waals surface area contributed by atoms with E-state index in [1.54, 1.807) is 50.2 Å². The van der Waals surface area contributed by atoms with Gasteiger partial charge < -0.3 is 23.7 Å². The van der Waals surface area contributed by atoms with Crippen LogP contribution in [0.15, 0.2) is 63.8 Å². The lowest BCUT2D eigenvalue weighted by molar-refractivity contribution is -0.128. The first-order valence-corrected chi connectivity index (χ1v) is 11.1. The SMILES string of the molecule is COc1ccc(/C(O)=C(\C(=O)Oc2c(C)cc(C)cc2C)c2nc3ccccc3oc2=O)c(OC)c1. The zero-order valence-electron chi connectivity index (χ0n) is 20.5. The van der Waals surface area contributed by atoms with Gasteiger partial charge in [-0.2, -0.15) is 0 Å². The van der Waals surface area contributed by atoms with Crippen molar-refractivity contribution in [2.24, 2.45) is 0 Å². The molecule has 0 aliphatic carbocycles. The molecule has 0 bridgehead atoms. The summed E-state index contributed by atoms with van der Waals surface area (Å²) >= 11 is 0. The van der Waals surface area contributed by atoms with Crippen LogP contribution in [0, 0.1) is 20.8 Å². The standard InChI is InChI=1S/C28H25NO7/c1-15-12-16(2)26(17(3)13-15)36-27(31)23(24-28(32)35-21-9-7-6-8-20(21)29-24)25(30)19-11-10-18(33-4)14-22(19)34-5/h6-14,30H,1-5H3/b25-23+. The zero-order chi connectivity index (χ0) is 26.0. The molecule has 0 spiro atoms. The van der Waals surface area contributed by atoms with Gasteiger partial charge in [-0.05, 0) is 56.2 Å². The molecular weight excluding hydrogens is 462 g/mol. The second-order valence-electron chi connectivity index (χ2n) is 8.22. The molecule has 0 unspecified atom stereocenters. The van der Waals surface area contributed by atoms with Gasteiger partial charge in [0.25, 0.3) is 0 Å². The summed E-state index contributed by atoms with van der Waals surface area (Å²) in [5.74, 6) is -0.526. The molecule has 0 aliphatic rings. The van der Waals surface area contributed by atoms with Gasteiger partial charge in [0.1, 0.15) is 34.1 Å². The predicted octanol–water partition coefficient (Wildman–Crippen LogP) is 5.16. The van der Waals surface area contributed by atoms with Gasteiger partial charge in [-0.15, -0.1) is 0 Å². The Labute approximate surface area is 207 Å². The number of aliphatic hydroxyl groups excluding tert-OH is 1. The first-order chi connectivity index (χ1) is 17.2. The molecule has 4 rings (SSSR count). The van der Waals surface area contributed by atoms with Crippen LogP contribution in [0.1, 0.15) is 27.9 Å². The van der Waals surface area contributed by atoms with Gasteiger partial charge in [0.05, 0.1) is 19.8 Å². The van der Waals surface area contributed by atoms with E-state index in [0.29, 0.717) is 17.0 Å². The normalized spacial score (nSPS) is 11.7. The maximum Gasteiger partial charge on any atom is 0.363 e. The molecule has 1 heterocycles. The Bertz CT molecular complexity index is 1540. The van der Waals surface area contributed by atoms with E-state index in [-0.39, 0.29) is 16.9 Å². The van der Waals surface area contributed by atoms with Crippen LogP contribution in [0.3, 0.4) is 0 Å². The van der Waals surface area contributed by atoms with Crippen LogP contribution in [0.5, 0.6) is 17.2 Å². The van der Waals surface area contributed by atoms with Gasteiger partial charge in [-0.25, -0.2) is 14.6 Å². The summed E-state index contributed by atoms with van der Waals surface area (Å²) in [5.41, 5.74) is 1.40. The van der Waals surface area contributed by atoms with E-state index in [1.165, 1.54) is 20.3 Å². The number of carbonyl (C=O) groups is 1. The van der Waals surface area contributed by atoms with Crippen LogP contribution >= 0.6 is 0 Å². The molecule has 0 radical (unpaired) electrons. The zero-order valence-corrected chi connectivity index (χ0v) is 20.5. The van der Waals surface area contributed by atoms with Gasteiger partial charge in [0, 0.05) is 6.07 Å². The van der Waals surface area contributed by atoms with E-state index < -0.39 is 28.6 Å². The molecule has 0 saturated carbocycles. The maximum atomic E-state index is 13.6. The van der Waals surface area contributed by atoms with E-state index in [2.05, 4.69) is 4.98 Å². The molecule has 0 atom stereocenters. The number of nitrogens with zero attached hydrogens (tertiary/aromatic N) is 1. The third-order valence-corrected chi connectivity index (χ3v) is 5.63. The number of carbonyl (C=O) groups excluding carboxylic acids is 1. The lowest BCUT2D eigenvalue weighted by Gasteiger charge is -2.15. The molecule has 36 heavy (non-hydrogen) atoms. The summed E-state index contributed by atoms with van der Waals surface area (Å²) in [5, 5.41) is 11.4. The Morgan fingerprint density at radius 3 is 2.31 bits per heavy atom. The number of esters is 1. The summed E-state index contributed by atoms with van der Waals surface area (Å²) in [6.45, 7) is 5.55. The molecule has 1 N–H and O–H groups in total. The fourth-order valence-corrected chi connectivity index (χ4v) is 4.01. The van der Waals surface area contributed by atoms with Crippen LogP contribution in [0.25, 0.3) is 22.4 Å². The average Bonchev–Trinajstić information content (AvgIpc) is 2.86. The Kier molecular flexibility index (Phi) is 6.78. The van der Waals surface area contributed by atoms with E-state index in [1.807, 2.05) is 19.1 Å². The lowest BCUT2D eigenvalue weighted by Crippen LogP contribution is -2.20. The van der Waals surface area contributed by atoms with Crippen molar-refractivity contribution < 1.29 is 28.5 Å². The number of fused-ring (bicyclic) bond motifs is 1. The average molecular weight is 488 g/mol. The summed E-state index contributed by atoms with van der Waals surface area (Å²) in [6, 6.07) is 15.0. The Hall–Kier alpha value is -4.59. The highest BCUT2D eigenvalue weighted by atomic mass is 16.5. The molecule has 184 valence electrons. The highest BCUT2D eigenvalue weighted by molar-refractivity contribution is 6.23. The molecule has 4 aromatic rings. The van der Waals surface area contributed by atoms with Crippen LogP contribution in [0.2, 0.25) is 0 Å². The second-order valence-corrected chi connectivity index (χ2v) is 8.22. The third kappa shape index (κ3) is 4.65. The second kappa shape index (κ2) is 9.95. The lowest BCUT2D eigenvalue weighted by atomic mass is 10.0. The molecular formula is C28H25NO7. The molecule has 0 saturated heterocycles. The first kappa shape index (κ1) is 24.5. The van der Waals surface area contributed by atoms with Gasteiger partial charge in [-0.3, -0.25) is 0 Å². The summed E-state index contributed by atoms with van der Waals surface area (Å²) < 4.78 is 21.7. The van der Waals surface area contributed by atoms with Crippen LogP contribution < -0.4 is 19.8 Å². The van der Waals surface area contributed by atoms with Crippen molar-refractivity contribution in [1.29, 1.82) is 0 Å². The number of aliphatic hydroxyl groups is 1. The maximum absolute atomic E-state index is 13.6. The van der Waals surface area contributed by atoms with Crippen molar-refractivity contribution in [3.05, 3.63) is 93.0 Å². The summed E-state index contributed by atoms with van der Waals surface area (Å²) in [4.78, 5) is 30.9. The van der Waals surface area contributed by atoms with E-state index in [0.717, 1.165) is 16.7 Å². The van der Waals surface area contributed by atoms with Crippen molar-refractivity contribution in [3.8, 4) is 17.2 Å². The van der Waals surface area contributed by atoms with E-state index >= 15 is 0 Å². The first-order valence-electron chi connectivity index (χ1n) is 11.1. The van der Waals surface area contributed by atoms with Crippen LogP contribution in [-0.4, -0.2) is 30.3 Å². The number of hydrogen-bond acceptors (Lipinski definition) is 8. The predicted molar refractivity (Wildman–Crippen MR) is 136 cm³/mol. The van der Waals surface area contributed by atoms with Gasteiger partial charge >= 0.3 is 11.6 Å². The van der Waals surface area contributed by atoms with Crippen molar-refractivity contribution in [2.75, 3.05) is 14.2 Å². The minimum atomic E-state index is -0.976. The molecule has 0 fully saturated rings. The fourth-order valence-electron chi connectivity index (χ4n) is 4.01. The number of aryl methyl sites for hydroxylation is 3. The number of hydrogen-bond donors (Lipinski definition) is 1. The molecule has 1 aromatic heterocycles. The Morgan fingerprint density at radius 1 is 0.944 bits per heavy atom. The number of para-hydroxylation sites is 2. The number of methoxy groups -OCH3 is 2. The molecule has 8 nitrogen and oxygen atoms in total. The van der Waals surface area contributed by atoms with Gasteiger partial charge in [-0.1, -0.05) is 29.8 Å². The topological polar surface area (TPSA) is 108 Å². The smallest absolute Gasteiger partial charge is 0.363 e. The Morgan fingerprint density at radius 2 is 1.64 bits per heavy atom. The van der Waals surface area contributed by atoms with E-state index in [9.17, 15) is 14.7 Å². The number of aromatic nitrogens is 1. The highest BCUT2D eigenvalue weighted by Crippen LogP contribution is 2.34. The van der Waals surface area contributed by atoms with Gasteiger partial charge in [0.15, 0.2) is 11.3 Å². The highest BCUT2D eigenvalue weighted by Gasteiger charge is 2.29. The summed E-state index contributed by atoms with van der Waals surface area (Å²) in [7, 11) is 2.90. The largest absolute Gasteiger partial charge is 0.506 e. The Balaban J connectivity index is 1.96. The van der Waals surface area contributed by atoms with Crippen LogP contribution in [-0.2, 0) is 4.79 Å². The number of ether oxygens (including phenoxy) is 3. The van der Waals surface area contributed by atoms with E-state index in [4.69, 9.17) is 18.6 Å². The monoisotopic (exact) mass is 487 g/mol. The van der Waals surface area contributed by atoms with Crippen molar-refractivity contribution in [3.63, 3.8) is 0 Å². The minimum absolute atomic E-state index is 0.136. The van der Waals surface area contributed by atoms with Gasteiger partial charge in [0.2, 0.25) is 0 Å². The molecule has 8 heteroatoms. The van der Waals surface area contributed by atoms with Crippen molar-refractivity contribution in [2.45, 2.75) is 20.8 Å². The fraction of sp³-hybridized carbons (Fsp3) is 0.179. The van der Waals surface area contributed by atoms with Crippen molar-refractivity contribution >= 4 is 28.4 Å². The summed E-state index contributed by atoms with van der Waals surface area (Å²) in [6.07, 6.45) is 0. The molecule has 0 amide bonds. The number of rotatable bonds is 6. The number of benzene rings is 3. The molecule has 0 aliphatic heterocycles. The molecule has 3 aromatic carbocycles. The third-order valence-electron chi connectivity index (χ3n) is 5.63. The minimum Gasteiger partial charge on any atom is -0.506 e.